The molecule has 1 fully saturated rings. The van der Waals surface area contributed by atoms with E-state index in [1.165, 1.54) is 12.3 Å². The molecule has 3 heterocycles. The highest BCUT2D eigenvalue weighted by molar-refractivity contribution is 6.30. The number of carbonyl (C=O) groups is 1. The van der Waals surface area contributed by atoms with Gasteiger partial charge in [-0.3, -0.25) is 9.59 Å². The second-order valence-electron chi connectivity index (χ2n) is 5.71. The molecule has 0 unspecified atom stereocenters. The summed E-state index contributed by atoms with van der Waals surface area (Å²) in [5.74, 6) is 0.267. The summed E-state index contributed by atoms with van der Waals surface area (Å²) in [5, 5.41) is 7.95. The molecule has 0 spiro atoms. The molecule has 0 bridgehead atoms. The predicted octanol–water partition coefficient (Wildman–Crippen LogP) is 1.81. The summed E-state index contributed by atoms with van der Waals surface area (Å²) in [6.07, 6.45) is 2.91. The van der Waals surface area contributed by atoms with E-state index in [9.17, 15) is 9.59 Å². The third-order valence-electron chi connectivity index (χ3n) is 3.83. The van der Waals surface area contributed by atoms with Crippen molar-refractivity contribution in [3.05, 3.63) is 51.0 Å². The van der Waals surface area contributed by atoms with E-state index in [4.69, 9.17) is 16.3 Å². The van der Waals surface area contributed by atoms with Gasteiger partial charge in [0.15, 0.2) is 0 Å². The minimum Gasteiger partial charge on any atom is -0.471 e. The van der Waals surface area contributed by atoms with Crippen LogP contribution in [0.15, 0.2) is 29.2 Å². The van der Waals surface area contributed by atoms with Crippen LogP contribution in [0.2, 0.25) is 5.02 Å². The standard InChI is InChI=1S/C16H17ClN4O3/c1-10-4-5-14(20-19-10)24-12-3-2-6-21(9-12)16(23)11-7-13(17)15(22)18-8-11/h4-5,7-8,12H,2-3,6,9H2,1H3,(H,18,22)/t12-/m1/s1. The first kappa shape index (κ1) is 16.4. The van der Waals surface area contributed by atoms with Gasteiger partial charge in [0.05, 0.1) is 17.8 Å². The molecule has 2 aromatic heterocycles. The van der Waals surface area contributed by atoms with E-state index in [1.807, 2.05) is 13.0 Å². The lowest BCUT2D eigenvalue weighted by molar-refractivity contribution is 0.0525. The number of aromatic nitrogens is 3. The van der Waals surface area contributed by atoms with Crippen molar-refractivity contribution in [2.75, 3.05) is 13.1 Å². The Kier molecular flexibility index (Phi) is 4.80. The van der Waals surface area contributed by atoms with Gasteiger partial charge in [-0.05, 0) is 31.9 Å². The van der Waals surface area contributed by atoms with Crippen molar-refractivity contribution in [2.45, 2.75) is 25.9 Å². The first-order chi connectivity index (χ1) is 11.5. The SMILES string of the molecule is Cc1ccc(O[C@@H]2CCCN(C(=O)c3c[nH]c(=O)c(Cl)c3)C2)nn1. The molecule has 24 heavy (non-hydrogen) atoms. The van der Waals surface area contributed by atoms with E-state index in [-0.39, 0.29) is 17.0 Å². The van der Waals surface area contributed by atoms with Crippen LogP contribution in [-0.4, -0.2) is 45.2 Å². The lowest BCUT2D eigenvalue weighted by atomic mass is 10.1. The lowest BCUT2D eigenvalue weighted by Crippen LogP contribution is -2.44. The van der Waals surface area contributed by atoms with Crippen LogP contribution >= 0.6 is 11.6 Å². The molecule has 1 aliphatic rings. The molecule has 3 rings (SSSR count). The smallest absolute Gasteiger partial charge is 0.266 e. The summed E-state index contributed by atoms with van der Waals surface area (Å²) in [5.41, 5.74) is 0.763. The fourth-order valence-corrected chi connectivity index (χ4v) is 2.77. The highest BCUT2D eigenvalue weighted by Crippen LogP contribution is 2.18. The quantitative estimate of drug-likeness (QED) is 0.913. The molecule has 1 atom stereocenters. The molecule has 0 aromatic carbocycles. The average Bonchev–Trinajstić information content (AvgIpc) is 2.59. The van der Waals surface area contributed by atoms with E-state index >= 15 is 0 Å². The van der Waals surface area contributed by atoms with Gasteiger partial charge in [-0.1, -0.05) is 11.6 Å². The van der Waals surface area contributed by atoms with Crippen molar-refractivity contribution < 1.29 is 9.53 Å². The fourth-order valence-electron chi connectivity index (χ4n) is 2.60. The van der Waals surface area contributed by atoms with Gasteiger partial charge in [-0.2, -0.15) is 5.10 Å². The minimum atomic E-state index is -0.411. The van der Waals surface area contributed by atoms with Gasteiger partial charge >= 0.3 is 0 Å². The first-order valence-corrected chi connectivity index (χ1v) is 8.05. The van der Waals surface area contributed by atoms with E-state index in [0.717, 1.165) is 18.5 Å². The number of hydrogen-bond acceptors (Lipinski definition) is 5. The van der Waals surface area contributed by atoms with Crippen LogP contribution in [0, 0.1) is 6.92 Å². The van der Waals surface area contributed by atoms with Crippen LogP contribution in [0.1, 0.15) is 28.9 Å². The normalized spacial score (nSPS) is 17.6. The molecule has 0 radical (unpaired) electrons. The number of aromatic amines is 1. The Bertz CT molecular complexity index is 791. The number of rotatable bonds is 3. The van der Waals surface area contributed by atoms with Gasteiger partial charge in [0, 0.05) is 18.8 Å². The van der Waals surface area contributed by atoms with E-state index in [1.54, 1.807) is 11.0 Å². The number of aryl methyl sites for hydroxylation is 1. The number of nitrogens with one attached hydrogen (secondary N) is 1. The Labute approximate surface area is 143 Å². The zero-order valence-corrected chi connectivity index (χ0v) is 13.9. The fraction of sp³-hybridized carbons (Fsp3) is 0.375. The van der Waals surface area contributed by atoms with E-state index < -0.39 is 5.56 Å². The highest BCUT2D eigenvalue weighted by Gasteiger charge is 2.26. The summed E-state index contributed by atoms with van der Waals surface area (Å²) in [6.45, 7) is 2.94. The second kappa shape index (κ2) is 7.00. The molecular formula is C16H17ClN4O3. The van der Waals surface area contributed by atoms with Crippen molar-refractivity contribution in [3.63, 3.8) is 0 Å². The summed E-state index contributed by atoms with van der Waals surface area (Å²) in [6, 6.07) is 4.99. The van der Waals surface area contributed by atoms with E-state index in [2.05, 4.69) is 15.2 Å². The number of halogens is 1. The molecule has 0 saturated carbocycles. The number of carbonyl (C=O) groups excluding carboxylic acids is 1. The van der Waals surface area contributed by atoms with Crippen LogP contribution in [0.3, 0.4) is 0 Å². The molecule has 0 aliphatic carbocycles. The maximum Gasteiger partial charge on any atom is 0.266 e. The minimum absolute atomic E-state index is 0.000546. The summed E-state index contributed by atoms with van der Waals surface area (Å²) >= 11 is 5.79. The zero-order valence-electron chi connectivity index (χ0n) is 13.2. The molecule has 126 valence electrons. The zero-order chi connectivity index (χ0) is 17.1. The number of piperidine rings is 1. The average molecular weight is 349 g/mol. The molecule has 7 nitrogen and oxygen atoms in total. The molecule has 1 amide bonds. The van der Waals surface area contributed by atoms with Gasteiger partial charge in [0.25, 0.3) is 11.5 Å². The Morgan fingerprint density at radius 1 is 1.42 bits per heavy atom. The third kappa shape index (κ3) is 3.73. The number of amides is 1. The number of nitrogens with zero attached hydrogens (tertiary/aromatic N) is 3. The number of pyridine rings is 1. The Balaban J connectivity index is 1.68. The van der Waals surface area contributed by atoms with Gasteiger partial charge < -0.3 is 14.6 Å². The second-order valence-corrected chi connectivity index (χ2v) is 6.12. The molecule has 1 saturated heterocycles. The largest absolute Gasteiger partial charge is 0.471 e. The maximum absolute atomic E-state index is 12.6. The number of ether oxygens (including phenoxy) is 1. The molecule has 1 N–H and O–H groups in total. The topological polar surface area (TPSA) is 88.2 Å². The Morgan fingerprint density at radius 2 is 2.25 bits per heavy atom. The highest BCUT2D eigenvalue weighted by atomic mass is 35.5. The molecule has 8 heteroatoms. The number of H-pyrrole nitrogens is 1. The molecular weight excluding hydrogens is 332 g/mol. The molecule has 2 aromatic rings. The van der Waals surface area contributed by atoms with Crippen LogP contribution < -0.4 is 10.3 Å². The van der Waals surface area contributed by atoms with Crippen molar-refractivity contribution in [1.82, 2.24) is 20.1 Å². The van der Waals surface area contributed by atoms with Crippen LogP contribution in [-0.2, 0) is 0 Å². The molecule has 1 aliphatic heterocycles. The monoisotopic (exact) mass is 348 g/mol. The number of hydrogen-bond donors (Lipinski definition) is 1. The van der Waals surface area contributed by atoms with Crippen molar-refractivity contribution >= 4 is 17.5 Å². The summed E-state index contributed by atoms with van der Waals surface area (Å²) < 4.78 is 5.82. The maximum atomic E-state index is 12.6. The van der Waals surface area contributed by atoms with Crippen LogP contribution in [0.5, 0.6) is 5.88 Å². The van der Waals surface area contributed by atoms with Crippen LogP contribution in [0.4, 0.5) is 0 Å². The van der Waals surface area contributed by atoms with Gasteiger partial charge in [-0.15, -0.1) is 5.10 Å². The predicted molar refractivity (Wildman–Crippen MR) is 88.4 cm³/mol. The van der Waals surface area contributed by atoms with Crippen molar-refractivity contribution in [1.29, 1.82) is 0 Å². The number of likely N-dealkylation sites (tertiary alicyclic amines) is 1. The Hall–Kier alpha value is -2.41. The van der Waals surface area contributed by atoms with Gasteiger partial charge in [0.1, 0.15) is 11.1 Å². The third-order valence-corrected chi connectivity index (χ3v) is 4.11. The lowest BCUT2D eigenvalue weighted by Gasteiger charge is -2.32. The van der Waals surface area contributed by atoms with Gasteiger partial charge in [0.2, 0.25) is 5.88 Å². The Morgan fingerprint density at radius 3 is 2.96 bits per heavy atom. The van der Waals surface area contributed by atoms with Crippen molar-refractivity contribution in [2.24, 2.45) is 0 Å². The summed E-state index contributed by atoms with van der Waals surface area (Å²) in [4.78, 5) is 28.0. The van der Waals surface area contributed by atoms with Gasteiger partial charge in [-0.25, -0.2) is 0 Å². The summed E-state index contributed by atoms with van der Waals surface area (Å²) in [7, 11) is 0. The van der Waals surface area contributed by atoms with Crippen molar-refractivity contribution in [3.8, 4) is 5.88 Å². The first-order valence-electron chi connectivity index (χ1n) is 7.67. The van der Waals surface area contributed by atoms with E-state index in [0.29, 0.717) is 24.5 Å². The van der Waals surface area contributed by atoms with Crippen LogP contribution in [0.25, 0.3) is 0 Å².